The number of nitro groups is 1. The Morgan fingerprint density at radius 1 is 1.11 bits per heavy atom. The number of non-ortho nitro benzene ring substituents is 1. The molecular formula is C12H14N2O4. The molecule has 0 saturated carbocycles. The van der Waals surface area contributed by atoms with Gasteiger partial charge in [0.15, 0.2) is 0 Å². The first-order valence-corrected chi connectivity index (χ1v) is 5.64. The van der Waals surface area contributed by atoms with Gasteiger partial charge in [-0.05, 0) is 12.1 Å². The Hall–Kier alpha value is -1.92. The third-order valence-corrected chi connectivity index (χ3v) is 2.49. The molecule has 1 saturated heterocycles. The number of nitrogens with zero attached hydrogens (tertiary/aromatic N) is 1. The second-order valence-electron chi connectivity index (χ2n) is 3.73. The van der Waals surface area contributed by atoms with Gasteiger partial charge in [0.1, 0.15) is 0 Å². The van der Waals surface area contributed by atoms with Gasteiger partial charge in [-0.1, -0.05) is 0 Å². The van der Waals surface area contributed by atoms with Crippen LogP contribution in [0.3, 0.4) is 0 Å². The number of rotatable bonds is 1. The molecule has 6 heteroatoms. The van der Waals surface area contributed by atoms with E-state index in [2.05, 4.69) is 4.98 Å². The number of nitrogens with one attached hydrogen (secondary N) is 1. The van der Waals surface area contributed by atoms with Crippen molar-refractivity contribution < 1.29 is 14.4 Å². The van der Waals surface area contributed by atoms with Crippen molar-refractivity contribution in [2.24, 2.45) is 0 Å². The highest BCUT2D eigenvalue weighted by molar-refractivity contribution is 5.81. The second kappa shape index (κ2) is 6.13. The Morgan fingerprint density at radius 2 is 1.78 bits per heavy atom. The molecule has 96 valence electrons. The molecule has 0 aliphatic carbocycles. The van der Waals surface area contributed by atoms with Gasteiger partial charge >= 0.3 is 0 Å². The van der Waals surface area contributed by atoms with Crippen LogP contribution in [0, 0.1) is 10.1 Å². The van der Waals surface area contributed by atoms with Crippen LogP contribution in [0.5, 0.6) is 0 Å². The summed E-state index contributed by atoms with van der Waals surface area (Å²) in [5.41, 5.74) is 1.04. The van der Waals surface area contributed by atoms with E-state index in [1.54, 1.807) is 18.3 Å². The van der Waals surface area contributed by atoms with Crippen molar-refractivity contribution in [3.05, 3.63) is 40.6 Å². The number of hydrogen-bond acceptors (Lipinski definition) is 4. The Morgan fingerprint density at radius 3 is 2.33 bits per heavy atom. The molecule has 0 spiro atoms. The molecule has 1 aliphatic rings. The summed E-state index contributed by atoms with van der Waals surface area (Å²) in [7, 11) is 0. The fourth-order valence-electron chi connectivity index (χ4n) is 1.59. The molecular weight excluding hydrogens is 236 g/mol. The average molecular weight is 250 g/mol. The van der Waals surface area contributed by atoms with Gasteiger partial charge in [-0.25, -0.2) is 0 Å². The van der Waals surface area contributed by atoms with Crippen LogP contribution in [-0.4, -0.2) is 36.3 Å². The topological polar surface area (TPSA) is 77.4 Å². The van der Waals surface area contributed by atoms with E-state index in [9.17, 15) is 10.1 Å². The molecule has 0 bridgehead atoms. The summed E-state index contributed by atoms with van der Waals surface area (Å²) < 4.78 is 9.89. The first-order chi connectivity index (χ1) is 8.77. The predicted molar refractivity (Wildman–Crippen MR) is 66.6 cm³/mol. The molecule has 0 unspecified atom stereocenters. The van der Waals surface area contributed by atoms with Crippen LogP contribution >= 0.6 is 0 Å². The minimum absolute atomic E-state index is 0.127. The van der Waals surface area contributed by atoms with Crippen LogP contribution in [-0.2, 0) is 9.47 Å². The Balaban J connectivity index is 0.000000169. The summed E-state index contributed by atoms with van der Waals surface area (Å²) in [5.74, 6) is 0. The van der Waals surface area contributed by atoms with Crippen LogP contribution in [0.15, 0.2) is 30.5 Å². The molecule has 0 amide bonds. The van der Waals surface area contributed by atoms with E-state index in [4.69, 9.17) is 9.47 Å². The molecule has 6 nitrogen and oxygen atoms in total. The van der Waals surface area contributed by atoms with Gasteiger partial charge < -0.3 is 14.5 Å². The largest absolute Gasteiger partial charge is 0.377 e. The van der Waals surface area contributed by atoms with Crippen LogP contribution in [0.4, 0.5) is 5.69 Å². The highest BCUT2D eigenvalue weighted by Gasteiger charge is 2.05. The normalized spacial score (nSPS) is 14.9. The predicted octanol–water partition coefficient (Wildman–Crippen LogP) is 2.11. The molecule has 1 N–H and O–H groups in total. The summed E-state index contributed by atoms with van der Waals surface area (Å²) in [6.45, 7) is 3.11. The SMILES string of the molecule is C1COCCO1.O=[N+]([O-])c1ccc2[nH]ccc2c1. The molecule has 0 radical (unpaired) electrons. The molecule has 0 atom stereocenters. The monoisotopic (exact) mass is 250 g/mol. The summed E-state index contributed by atoms with van der Waals surface area (Å²) in [4.78, 5) is 12.9. The van der Waals surface area contributed by atoms with Gasteiger partial charge in [-0.2, -0.15) is 0 Å². The van der Waals surface area contributed by atoms with Crippen molar-refractivity contribution in [1.29, 1.82) is 0 Å². The van der Waals surface area contributed by atoms with Crippen molar-refractivity contribution in [3.8, 4) is 0 Å². The van der Waals surface area contributed by atoms with Crippen molar-refractivity contribution in [2.75, 3.05) is 26.4 Å². The van der Waals surface area contributed by atoms with Crippen LogP contribution in [0.2, 0.25) is 0 Å². The van der Waals surface area contributed by atoms with Crippen molar-refractivity contribution in [1.82, 2.24) is 4.98 Å². The van der Waals surface area contributed by atoms with E-state index in [1.165, 1.54) is 6.07 Å². The Labute approximate surface area is 104 Å². The summed E-state index contributed by atoms with van der Waals surface area (Å²) in [6, 6.07) is 6.54. The molecule has 2 heterocycles. The van der Waals surface area contributed by atoms with E-state index in [0.717, 1.165) is 37.3 Å². The molecule has 1 fully saturated rings. The lowest BCUT2D eigenvalue weighted by atomic mass is 10.2. The lowest BCUT2D eigenvalue weighted by Crippen LogP contribution is -2.16. The van der Waals surface area contributed by atoms with E-state index < -0.39 is 4.92 Å². The quantitative estimate of drug-likeness (QED) is 0.621. The fourth-order valence-corrected chi connectivity index (χ4v) is 1.59. The van der Waals surface area contributed by atoms with Crippen molar-refractivity contribution in [2.45, 2.75) is 0 Å². The minimum atomic E-state index is -0.396. The summed E-state index contributed by atoms with van der Waals surface area (Å²) in [5, 5.41) is 11.2. The summed E-state index contributed by atoms with van der Waals surface area (Å²) in [6.07, 6.45) is 1.76. The standard InChI is InChI=1S/C8H6N2O2.C4H8O2/c11-10(12)7-1-2-8-6(5-7)3-4-9-8;1-2-6-4-3-5-1/h1-5,9H;1-4H2. The number of nitro benzene ring substituents is 1. The number of benzene rings is 1. The van der Waals surface area contributed by atoms with Crippen molar-refractivity contribution in [3.63, 3.8) is 0 Å². The number of H-pyrrole nitrogens is 1. The molecule has 1 aromatic heterocycles. The number of hydrogen-bond donors (Lipinski definition) is 1. The van der Waals surface area contributed by atoms with E-state index in [-0.39, 0.29) is 5.69 Å². The van der Waals surface area contributed by atoms with Gasteiger partial charge in [0.25, 0.3) is 5.69 Å². The van der Waals surface area contributed by atoms with Gasteiger partial charge in [0.05, 0.1) is 31.4 Å². The van der Waals surface area contributed by atoms with E-state index >= 15 is 0 Å². The zero-order chi connectivity index (χ0) is 12.8. The lowest BCUT2D eigenvalue weighted by Gasteiger charge is -2.09. The molecule has 18 heavy (non-hydrogen) atoms. The second-order valence-corrected chi connectivity index (χ2v) is 3.73. The highest BCUT2D eigenvalue weighted by Crippen LogP contribution is 2.18. The number of aromatic amines is 1. The smallest absolute Gasteiger partial charge is 0.270 e. The molecule has 3 rings (SSSR count). The van der Waals surface area contributed by atoms with Gasteiger partial charge in [0, 0.05) is 29.2 Å². The number of aromatic nitrogens is 1. The van der Waals surface area contributed by atoms with Gasteiger partial charge in [-0.15, -0.1) is 0 Å². The van der Waals surface area contributed by atoms with Crippen LogP contribution in [0.25, 0.3) is 10.9 Å². The van der Waals surface area contributed by atoms with E-state index in [1.807, 2.05) is 6.07 Å². The third kappa shape index (κ3) is 3.28. The first kappa shape index (κ1) is 12.5. The fraction of sp³-hybridized carbons (Fsp3) is 0.333. The average Bonchev–Trinajstić information content (AvgIpc) is 2.88. The summed E-state index contributed by atoms with van der Waals surface area (Å²) >= 11 is 0. The van der Waals surface area contributed by atoms with E-state index in [0.29, 0.717) is 0 Å². The zero-order valence-corrected chi connectivity index (χ0v) is 9.80. The lowest BCUT2D eigenvalue weighted by molar-refractivity contribution is -0.384. The van der Waals surface area contributed by atoms with Crippen molar-refractivity contribution >= 4 is 16.6 Å². The zero-order valence-electron chi connectivity index (χ0n) is 9.80. The Bertz CT molecular complexity index is 508. The Kier molecular flexibility index (Phi) is 4.27. The number of ether oxygens (including phenoxy) is 2. The van der Waals surface area contributed by atoms with Crippen LogP contribution < -0.4 is 0 Å². The minimum Gasteiger partial charge on any atom is -0.377 e. The maximum Gasteiger partial charge on any atom is 0.270 e. The maximum atomic E-state index is 10.4. The molecule has 1 aromatic carbocycles. The first-order valence-electron chi connectivity index (χ1n) is 5.64. The number of fused-ring (bicyclic) bond motifs is 1. The van der Waals surface area contributed by atoms with Gasteiger partial charge in [0.2, 0.25) is 0 Å². The molecule has 2 aromatic rings. The van der Waals surface area contributed by atoms with Crippen LogP contribution in [0.1, 0.15) is 0 Å². The third-order valence-electron chi connectivity index (χ3n) is 2.49. The maximum absolute atomic E-state index is 10.4. The molecule has 1 aliphatic heterocycles. The van der Waals surface area contributed by atoms with Gasteiger partial charge in [-0.3, -0.25) is 10.1 Å². The highest BCUT2D eigenvalue weighted by atomic mass is 16.6.